The summed E-state index contributed by atoms with van der Waals surface area (Å²) in [7, 11) is 0. The maximum absolute atomic E-state index is 12.0. The quantitative estimate of drug-likeness (QED) is 0.734. The smallest absolute Gasteiger partial charge is 0.304 e. The van der Waals surface area contributed by atoms with Gasteiger partial charge in [-0.1, -0.05) is 0 Å². The average molecular weight is 208 g/mol. The Hall–Kier alpha value is -0.290. The minimum atomic E-state index is -4.08. The van der Waals surface area contributed by atoms with E-state index in [0.717, 1.165) is 32.5 Å². The van der Waals surface area contributed by atoms with Crippen LogP contribution in [0.25, 0.3) is 0 Å². The fourth-order valence-corrected chi connectivity index (χ4v) is 2.44. The Kier molecular flexibility index (Phi) is 2.70. The molecule has 3 heterocycles. The highest BCUT2D eigenvalue weighted by Gasteiger charge is 2.36. The van der Waals surface area contributed by atoms with Crippen molar-refractivity contribution in [3.05, 3.63) is 0 Å². The van der Waals surface area contributed by atoms with Crippen LogP contribution in [0, 0.1) is 5.92 Å². The molecule has 5 heteroatoms. The van der Waals surface area contributed by atoms with Crippen LogP contribution < -0.4 is 5.32 Å². The van der Waals surface area contributed by atoms with Gasteiger partial charge in [-0.15, -0.1) is 0 Å². The van der Waals surface area contributed by atoms with E-state index in [1.165, 1.54) is 0 Å². The van der Waals surface area contributed by atoms with Gasteiger partial charge in [-0.2, -0.15) is 13.2 Å². The van der Waals surface area contributed by atoms with Crippen LogP contribution in [-0.4, -0.2) is 43.3 Å². The first-order valence-corrected chi connectivity index (χ1v) is 5.07. The summed E-state index contributed by atoms with van der Waals surface area (Å²) in [6.45, 7) is 2.08. The third-order valence-corrected chi connectivity index (χ3v) is 3.22. The second-order valence-corrected chi connectivity index (χ2v) is 4.24. The zero-order chi connectivity index (χ0) is 10.2. The summed E-state index contributed by atoms with van der Waals surface area (Å²) in [5, 5.41) is 2.63. The van der Waals surface area contributed by atoms with Crippen molar-refractivity contribution in [2.45, 2.75) is 25.1 Å². The molecule has 0 aromatic heterocycles. The predicted octanol–water partition coefficient (Wildman–Crippen LogP) is 1.23. The van der Waals surface area contributed by atoms with Crippen molar-refractivity contribution in [2.24, 2.45) is 5.92 Å². The summed E-state index contributed by atoms with van der Waals surface area (Å²) in [6, 6.07) is 0.0547. The molecule has 0 aromatic rings. The lowest BCUT2D eigenvalue weighted by atomic mass is 9.84. The molecule has 2 bridgehead atoms. The third-order valence-electron chi connectivity index (χ3n) is 3.22. The largest absolute Gasteiger partial charge is 0.401 e. The summed E-state index contributed by atoms with van der Waals surface area (Å²) in [5.74, 6) is 0.461. The van der Waals surface area contributed by atoms with Crippen LogP contribution in [0.3, 0.4) is 0 Å². The van der Waals surface area contributed by atoms with E-state index >= 15 is 0 Å². The minimum Gasteiger partial charge on any atom is -0.304 e. The van der Waals surface area contributed by atoms with Crippen molar-refractivity contribution < 1.29 is 13.2 Å². The summed E-state index contributed by atoms with van der Waals surface area (Å²) in [5.41, 5.74) is 0. The molecule has 2 nitrogen and oxygen atoms in total. The molecule has 14 heavy (non-hydrogen) atoms. The molecular formula is C9H15F3N2. The van der Waals surface area contributed by atoms with Gasteiger partial charge in [-0.25, -0.2) is 0 Å². The van der Waals surface area contributed by atoms with Crippen molar-refractivity contribution in [1.29, 1.82) is 0 Å². The van der Waals surface area contributed by atoms with E-state index in [-0.39, 0.29) is 6.04 Å². The summed E-state index contributed by atoms with van der Waals surface area (Å²) in [4.78, 5) is 2.24. The van der Waals surface area contributed by atoms with E-state index in [0.29, 0.717) is 5.92 Å². The number of piperidine rings is 3. The number of fused-ring (bicyclic) bond motifs is 3. The van der Waals surface area contributed by atoms with Crippen LogP contribution in [0.15, 0.2) is 0 Å². The first-order chi connectivity index (χ1) is 6.54. The van der Waals surface area contributed by atoms with Gasteiger partial charge in [0.1, 0.15) is 0 Å². The number of nitrogens with one attached hydrogen (secondary N) is 1. The molecule has 0 spiro atoms. The lowest BCUT2D eigenvalue weighted by Crippen LogP contribution is -2.57. The van der Waals surface area contributed by atoms with Gasteiger partial charge in [-0.05, 0) is 31.8 Å². The van der Waals surface area contributed by atoms with E-state index in [9.17, 15) is 13.2 Å². The van der Waals surface area contributed by atoms with E-state index in [1.54, 1.807) is 0 Å². The minimum absolute atomic E-state index is 0.0547. The number of nitrogens with zero attached hydrogens (tertiary/aromatic N) is 1. The fourth-order valence-electron chi connectivity index (χ4n) is 2.44. The first kappa shape index (κ1) is 10.2. The Bertz CT molecular complexity index is 197. The van der Waals surface area contributed by atoms with Gasteiger partial charge in [0.25, 0.3) is 0 Å². The molecule has 0 aromatic carbocycles. The topological polar surface area (TPSA) is 15.3 Å². The summed E-state index contributed by atoms with van der Waals surface area (Å²) >= 11 is 0. The van der Waals surface area contributed by atoms with Crippen LogP contribution >= 0.6 is 0 Å². The molecule has 0 amide bonds. The third kappa shape index (κ3) is 2.39. The summed E-state index contributed by atoms with van der Waals surface area (Å²) in [6.07, 6.45) is -1.98. The maximum Gasteiger partial charge on any atom is 0.401 e. The SMILES string of the molecule is FC(F)(F)CNC1CN2CCC1CC2. The van der Waals surface area contributed by atoms with Crippen LogP contribution in [0.2, 0.25) is 0 Å². The van der Waals surface area contributed by atoms with E-state index in [4.69, 9.17) is 0 Å². The number of halogens is 3. The van der Waals surface area contributed by atoms with Crippen LogP contribution in [0.4, 0.5) is 13.2 Å². The highest BCUT2D eigenvalue weighted by Crippen LogP contribution is 2.28. The Labute approximate surface area is 81.5 Å². The molecule has 3 saturated heterocycles. The highest BCUT2D eigenvalue weighted by molar-refractivity contribution is 4.91. The molecule has 1 N–H and O–H groups in total. The number of rotatable bonds is 2. The number of hydrogen-bond donors (Lipinski definition) is 1. The van der Waals surface area contributed by atoms with Gasteiger partial charge in [0.05, 0.1) is 6.54 Å². The second-order valence-electron chi connectivity index (χ2n) is 4.24. The molecule has 3 rings (SSSR count). The lowest BCUT2D eigenvalue weighted by Gasteiger charge is -2.45. The second kappa shape index (κ2) is 3.70. The first-order valence-electron chi connectivity index (χ1n) is 5.07. The lowest BCUT2D eigenvalue weighted by molar-refractivity contribution is -0.128. The molecule has 0 radical (unpaired) electrons. The van der Waals surface area contributed by atoms with Gasteiger partial charge in [0, 0.05) is 12.6 Å². The molecule has 3 fully saturated rings. The Morgan fingerprint density at radius 1 is 1.21 bits per heavy atom. The highest BCUT2D eigenvalue weighted by atomic mass is 19.4. The van der Waals surface area contributed by atoms with Gasteiger partial charge in [-0.3, -0.25) is 0 Å². The van der Waals surface area contributed by atoms with E-state index in [1.807, 2.05) is 0 Å². The van der Waals surface area contributed by atoms with Gasteiger partial charge < -0.3 is 10.2 Å². The van der Waals surface area contributed by atoms with Crippen LogP contribution in [0.1, 0.15) is 12.8 Å². The van der Waals surface area contributed by atoms with Gasteiger partial charge in [0.2, 0.25) is 0 Å². The van der Waals surface area contributed by atoms with Crippen molar-refractivity contribution in [3.8, 4) is 0 Å². The summed E-state index contributed by atoms with van der Waals surface area (Å²) < 4.78 is 35.9. The Morgan fingerprint density at radius 2 is 1.86 bits per heavy atom. The molecule has 0 saturated carbocycles. The normalized spacial score (nSPS) is 37.5. The fraction of sp³-hybridized carbons (Fsp3) is 1.00. The predicted molar refractivity (Wildman–Crippen MR) is 47.0 cm³/mol. The van der Waals surface area contributed by atoms with E-state index < -0.39 is 12.7 Å². The molecule has 82 valence electrons. The Morgan fingerprint density at radius 3 is 2.29 bits per heavy atom. The number of alkyl halides is 3. The van der Waals surface area contributed by atoms with Crippen molar-refractivity contribution in [2.75, 3.05) is 26.2 Å². The molecule has 3 aliphatic heterocycles. The molecule has 3 aliphatic rings. The van der Waals surface area contributed by atoms with E-state index in [2.05, 4.69) is 10.2 Å². The molecule has 0 aliphatic carbocycles. The maximum atomic E-state index is 12.0. The zero-order valence-electron chi connectivity index (χ0n) is 7.98. The zero-order valence-corrected chi connectivity index (χ0v) is 7.98. The average Bonchev–Trinajstić information content (AvgIpc) is 2.16. The van der Waals surface area contributed by atoms with Crippen molar-refractivity contribution in [1.82, 2.24) is 10.2 Å². The molecular weight excluding hydrogens is 193 g/mol. The molecule has 1 unspecified atom stereocenters. The standard InChI is InChI=1S/C9H15F3N2/c10-9(11,12)6-13-8-5-14-3-1-7(8)2-4-14/h7-8,13H,1-6H2. The Balaban J connectivity index is 1.81. The number of hydrogen-bond acceptors (Lipinski definition) is 2. The van der Waals surface area contributed by atoms with Crippen molar-refractivity contribution in [3.63, 3.8) is 0 Å². The van der Waals surface area contributed by atoms with Gasteiger partial charge >= 0.3 is 6.18 Å². The monoisotopic (exact) mass is 208 g/mol. The van der Waals surface area contributed by atoms with Crippen LogP contribution in [-0.2, 0) is 0 Å². The van der Waals surface area contributed by atoms with Crippen molar-refractivity contribution >= 4 is 0 Å². The van der Waals surface area contributed by atoms with Crippen LogP contribution in [0.5, 0.6) is 0 Å². The molecule has 1 atom stereocenters. The van der Waals surface area contributed by atoms with Gasteiger partial charge in [0.15, 0.2) is 0 Å².